The van der Waals surface area contributed by atoms with Crippen LogP contribution in [0, 0.1) is 5.92 Å². The Hall–Kier alpha value is -2.71. The van der Waals surface area contributed by atoms with Crippen LogP contribution >= 0.6 is 0 Å². The van der Waals surface area contributed by atoms with E-state index >= 15 is 0 Å². The van der Waals surface area contributed by atoms with E-state index in [4.69, 9.17) is 4.74 Å². The van der Waals surface area contributed by atoms with Crippen LogP contribution in [-0.2, 0) is 14.8 Å². The lowest BCUT2D eigenvalue weighted by Crippen LogP contribution is -2.41. The van der Waals surface area contributed by atoms with Crippen molar-refractivity contribution in [1.82, 2.24) is 4.31 Å². The predicted molar refractivity (Wildman–Crippen MR) is 110 cm³/mol. The number of rotatable bonds is 6. The summed E-state index contributed by atoms with van der Waals surface area (Å²) in [6.07, 6.45) is 0.866. The van der Waals surface area contributed by atoms with E-state index in [9.17, 15) is 18.0 Å². The summed E-state index contributed by atoms with van der Waals surface area (Å²) in [5.41, 5.74) is 1.05. The Morgan fingerprint density at radius 2 is 1.76 bits per heavy atom. The van der Waals surface area contributed by atoms with E-state index in [0.29, 0.717) is 42.9 Å². The fourth-order valence-electron chi connectivity index (χ4n) is 3.18. The van der Waals surface area contributed by atoms with Gasteiger partial charge < -0.3 is 10.1 Å². The zero-order chi connectivity index (χ0) is 20.9. The zero-order valence-corrected chi connectivity index (χ0v) is 17.0. The van der Waals surface area contributed by atoms with Gasteiger partial charge in [-0.15, -0.1) is 0 Å². The van der Waals surface area contributed by atoms with Crippen molar-refractivity contribution >= 4 is 27.6 Å². The molecular weight excluding hydrogens is 392 g/mol. The molecule has 1 N–H and O–H groups in total. The third-order valence-corrected chi connectivity index (χ3v) is 6.77. The third kappa shape index (κ3) is 5.42. The van der Waals surface area contributed by atoms with E-state index < -0.39 is 10.0 Å². The second kappa shape index (κ2) is 9.19. The fourth-order valence-corrected chi connectivity index (χ4v) is 4.31. The lowest BCUT2D eigenvalue weighted by Gasteiger charge is -2.29. The summed E-state index contributed by atoms with van der Waals surface area (Å²) in [6, 6.07) is 15.5. The lowest BCUT2D eigenvalue weighted by molar-refractivity contribution is -0.140. The van der Waals surface area contributed by atoms with E-state index in [0.717, 1.165) is 0 Å². The summed E-state index contributed by atoms with van der Waals surface area (Å²) in [6.45, 7) is 2.26. The minimum Gasteiger partial charge on any atom is -0.426 e. The highest BCUT2D eigenvalue weighted by atomic mass is 32.2. The van der Waals surface area contributed by atoms with Crippen LogP contribution in [0.1, 0.15) is 30.1 Å². The summed E-state index contributed by atoms with van der Waals surface area (Å²) in [7, 11) is -3.23. The van der Waals surface area contributed by atoms with Gasteiger partial charge in [0, 0.05) is 30.4 Å². The van der Waals surface area contributed by atoms with Crippen LogP contribution in [0.2, 0.25) is 0 Å². The predicted octanol–water partition coefficient (Wildman–Crippen LogP) is 2.91. The SMILES string of the molecule is CCS(=O)(=O)N1CCC(C(=O)Oc2cccc(NC(=O)c3ccccc3)c2)CC1. The van der Waals surface area contributed by atoms with Gasteiger partial charge in [-0.1, -0.05) is 24.3 Å². The first kappa shape index (κ1) is 21.0. The van der Waals surface area contributed by atoms with Gasteiger partial charge in [-0.25, -0.2) is 12.7 Å². The molecular formula is C21H24N2O5S. The summed E-state index contributed by atoms with van der Waals surface area (Å²) >= 11 is 0. The van der Waals surface area contributed by atoms with Gasteiger partial charge in [0.2, 0.25) is 10.0 Å². The summed E-state index contributed by atoms with van der Waals surface area (Å²) in [4.78, 5) is 24.7. The van der Waals surface area contributed by atoms with Gasteiger partial charge in [0.1, 0.15) is 5.75 Å². The highest BCUT2D eigenvalue weighted by Gasteiger charge is 2.31. The van der Waals surface area contributed by atoms with Gasteiger partial charge in [0.15, 0.2) is 0 Å². The number of carbonyl (C=O) groups excluding carboxylic acids is 2. The molecule has 154 valence electrons. The van der Waals surface area contributed by atoms with Crippen LogP contribution in [0.3, 0.4) is 0 Å². The van der Waals surface area contributed by atoms with Crippen LogP contribution in [0.25, 0.3) is 0 Å². The number of nitrogens with one attached hydrogen (secondary N) is 1. The van der Waals surface area contributed by atoms with Crippen molar-refractivity contribution in [3.8, 4) is 5.75 Å². The Bertz CT molecular complexity index is 968. The molecule has 7 nitrogen and oxygen atoms in total. The largest absolute Gasteiger partial charge is 0.426 e. The van der Waals surface area contributed by atoms with Gasteiger partial charge in [-0.2, -0.15) is 0 Å². The molecule has 1 aliphatic heterocycles. The van der Waals surface area contributed by atoms with Crippen molar-refractivity contribution in [3.05, 3.63) is 60.2 Å². The van der Waals surface area contributed by atoms with E-state index in [-0.39, 0.29) is 23.5 Å². The Labute approximate surface area is 170 Å². The average Bonchev–Trinajstić information content (AvgIpc) is 2.74. The van der Waals surface area contributed by atoms with Crippen molar-refractivity contribution in [1.29, 1.82) is 0 Å². The van der Waals surface area contributed by atoms with Crippen LogP contribution in [0.4, 0.5) is 5.69 Å². The molecule has 3 rings (SSSR count). The maximum absolute atomic E-state index is 12.5. The number of ether oxygens (including phenoxy) is 1. The fraction of sp³-hybridized carbons (Fsp3) is 0.333. The topological polar surface area (TPSA) is 92.8 Å². The number of carbonyl (C=O) groups is 2. The third-order valence-electron chi connectivity index (χ3n) is 4.89. The van der Waals surface area contributed by atoms with E-state index in [1.165, 1.54) is 4.31 Å². The molecule has 2 aromatic rings. The average molecular weight is 416 g/mol. The number of piperidine rings is 1. The first-order valence-electron chi connectivity index (χ1n) is 9.55. The van der Waals surface area contributed by atoms with Gasteiger partial charge in [0.05, 0.1) is 11.7 Å². The number of hydrogen-bond donors (Lipinski definition) is 1. The standard InChI is InChI=1S/C21H24N2O5S/c1-2-29(26,27)23-13-11-17(12-14-23)21(25)28-19-10-6-9-18(15-19)22-20(24)16-7-4-3-5-8-16/h3-10,15,17H,2,11-14H2,1H3,(H,22,24). The molecule has 2 aromatic carbocycles. The lowest BCUT2D eigenvalue weighted by atomic mass is 9.98. The summed E-state index contributed by atoms with van der Waals surface area (Å²) in [5, 5.41) is 2.78. The number of benzene rings is 2. The number of esters is 1. The molecule has 0 aromatic heterocycles. The first-order chi connectivity index (χ1) is 13.9. The van der Waals surface area contributed by atoms with E-state index in [1.54, 1.807) is 55.5 Å². The van der Waals surface area contributed by atoms with Crippen molar-refractivity contribution < 1.29 is 22.7 Å². The molecule has 0 spiro atoms. The van der Waals surface area contributed by atoms with Crippen molar-refractivity contribution in [3.63, 3.8) is 0 Å². The van der Waals surface area contributed by atoms with Crippen LogP contribution in [0.5, 0.6) is 5.75 Å². The van der Waals surface area contributed by atoms with Crippen LogP contribution in [-0.4, -0.2) is 43.4 Å². The highest BCUT2D eigenvalue weighted by Crippen LogP contribution is 2.24. The van der Waals surface area contributed by atoms with E-state index in [2.05, 4.69) is 5.32 Å². The minimum atomic E-state index is -3.23. The molecule has 8 heteroatoms. The number of anilines is 1. The van der Waals surface area contributed by atoms with Gasteiger partial charge in [-0.05, 0) is 44.0 Å². The maximum atomic E-state index is 12.5. The number of amides is 1. The molecule has 1 heterocycles. The van der Waals surface area contributed by atoms with E-state index in [1.807, 2.05) is 6.07 Å². The number of nitrogens with zero attached hydrogens (tertiary/aromatic N) is 1. The van der Waals surface area contributed by atoms with Gasteiger partial charge in [-0.3, -0.25) is 9.59 Å². The second-order valence-corrected chi connectivity index (χ2v) is 9.10. The Morgan fingerprint density at radius 1 is 1.07 bits per heavy atom. The van der Waals surface area contributed by atoms with Crippen molar-refractivity contribution in [2.45, 2.75) is 19.8 Å². The molecule has 1 amide bonds. The molecule has 1 aliphatic rings. The molecule has 0 bridgehead atoms. The normalized spacial score (nSPS) is 15.6. The molecule has 29 heavy (non-hydrogen) atoms. The maximum Gasteiger partial charge on any atom is 0.314 e. The number of sulfonamides is 1. The highest BCUT2D eigenvalue weighted by molar-refractivity contribution is 7.89. The van der Waals surface area contributed by atoms with Gasteiger partial charge in [0.25, 0.3) is 5.91 Å². The zero-order valence-electron chi connectivity index (χ0n) is 16.2. The molecule has 0 unspecified atom stereocenters. The number of hydrogen-bond acceptors (Lipinski definition) is 5. The van der Waals surface area contributed by atoms with Crippen LogP contribution < -0.4 is 10.1 Å². The molecule has 0 saturated carbocycles. The quantitative estimate of drug-likeness (QED) is 0.577. The van der Waals surface area contributed by atoms with Crippen LogP contribution in [0.15, 0.2) is 54.6 Å². The molecule has 0 atom stereocenters. The first-order valence-corrected chi connectivity index (χ1v) is 11.2. The van der Waals surface area contributed by atoms with Gasteiger partial charge >= 0.3 is 5.97 Å². The minimum absolute atomic E-state index is 0.0591. The summed E-state index contributed by atoms with van der Waals surface area (Å²) < 4.78 is 30.7. The van der Waals surface area contributed by atoms with Crippen molar-refractivity contribution in [2.75, 3.05) is 24.2 Å². The second-order valence-electron chi connectivity index (χ2n) is 6.84. The molecule has 0 aliphatic carbocycles. The monoisotopic (exact) mass is 416 g/mol. The Balaban J connectivity index is 1.58. The Kier molecular flexibility index (Phi) is 6.66. The molecule has 1 saturated heterocycles. The Morgan fingerprint density at radius 3 is 2.41 bits per heavy atom. The summed E-state index contributed by atoms with van der Waals surface area (Å²) in [5.74, 6) is -0.585. The smallest absolute Gasteiger partial charge is 0.314 e. The molecule has 0 radical (unpaired) electrons. The van der Waals surface area contributed by atoms with Crippen molar-refractivity contribution in [2.24, 2.45) is 5.92 Å². The molecule has 1 fully saturated rings.